The second-order valence-corrected chi connectivity index (χ2v) is 14.4. The van der Waals surface area contributed by atoms with Gasteiger partial charge in [0.05, 0.1) is 17.1 Å². The number of pyridine rings is 1. The number of Topliss-reactive ketones (excluding diaryl/α,β-unsaturated/α-hetero) is 1. The lowest BCUT2D eigenvalue weighted by Gasteiger charge is -2.36. The molecule has 1 aromatic heterocycles. The number of carbonyl (C=O) groups excluding carboxylic acids is 2. The molecular weight excluding hydrogens is 507 g/mol. The van der Waals surface area contributed by atoms with E-state index in [1.54, 1.807) is 6.07 Å². The van der Waals surface area contributed by atoms with E-state index in [0.29, 0.717) is 4.47 Å². The maximum atomic E-state index is 13.2. The molecule has 0 N–H and O–H groups in total. The smallest absolute Gasteiger partial charge is 0.416 e. The van der Waals surface area contributed by atoms with Gasteiger partial charge in [-0.2, -0.15) is 13.2 Å². The van der Waals surface area contributed by atoms with Crippen molar-refractivity contribution in [3.8, 4) is 5.88 Å². The summed E-state index contributed by atoms with van der Waals surface area (Å²) < 4.78 is 50.9. The zero-order chi connectivity index (χ0) is 24.5. The lowest BCUT2D eigenvalue weighted by atomic mass is 9.91. The van der Waals surface area contributed by atoms with Crippen LogP contribution in [0, 0.1) is 0 Å². The first-order valence-corrected chi connectivity index (χ1v) is 13.4. The first-order valence-electron chi connectivity index (χ1n) is 9.73. The van der Waals surface area contributed by atoms with E-state index in [-0.39, 0.29) is 22.2 Å². The van der Waals surface area contributed by atoms with Crippen LogP contribution in [-0.2, 0) is 15.7 Å². The van der Waals surface area contributed by atoms with Crippen LogP contribution in [0.4, 0.5) is 13.2 Å². The normalized spacial score (nSPS) is 13.4. The van der Waals surface area contributed by atoms with Crippen LogP contribution in [-0.4, -0.2) is 32.2 Å². The molecule has 0 saturated carbocycles. The Labute approximate surface area is 194 Å². The third-order valence-corrected chi connectivity index (χ3v) is 10.4. The molecule has 10 heteroatoms. The number of benzene rings is 1. The van der Waals surface area contributed by atoms with E-state index < -0.39 is 37.7 Å². The molecule has 0 aliphatic heterocycles. The third-order valence-electron chi connectivity index (χ3n) is 5.47. The van der Waals surface area contributed by atoms with Crippen molar-refractivity contribution in [2.75, 3.05) is 7.11 Å². The molecule has 5 nitrogen and oxygen atoms in total. The Morgan fingerprint density at radius 3 is 2.25 bits per heavy atom. The summed E-state index contributed by atoms with van der Waals surface area (Å²) in [6.07, 6.45) is -4.63. The van der Waals surface area contributed by atoms with E-state index >= 15 is 0 Å². The van der Waals surface area contributed by atoms with E-state index in [4.69, 9.17) is 9.16 Å². The predicted molar refractivity (Wildman–Crippen MR) is 120 cm³/mol. The lowest BCUT2D eigenvalue weighted by molar-refractivity contribution is -0.141. The Balaban J connectivity index is 2.52. The van der Waals surface area contributed by atoms with Crippen LogP contribution in [0.2, 0.25) is 18.1 Å². The van der Waals surface area contributed by atoms with Gasteiger partial charge in [0.25, 0.3) is 8.32 Å². The highest BCUT2D eigenvalue weighted by Gasteiger charge is 2.40. The van der Waals surface area contributed by atoms with Crippen molar-refractivity contribution in [1.82, 2.24) is 4.98 Å². The van der Waals surface area contributed by atoms with Crippen LogP contribution in [0.25, 0.3) is 0 Å². The van der Waals surface area contributed by atoms with E-state index in [1.807, 2.05) is 33.9 Å². The fourth-order valence-corrected chi connectivity index (χ4v) is 3.98. The minimum Gasteiger partial charge on any atom is -0.530 e. The van der Waals surface area contributed by atoms with Crippen LogP contribution < -0.4 is 4.43 Å². The molecule has 0 saturated heterocycles. The standard InChI is InChI=1S/C22H25BrF3NO4Si/c1-21(2,3)32(5,6)31-19-15(23)10-11-16(27-19)18(28)17(20(29)30-4)13-8-7-9-14(12-13)22(24,25)26/h7-12,17H,1-6H3. The second kappa shape index (κ2) is 9.34. The van der Waals surface area contributed by atoms with Crippen LogP contribution in [0.1, 0.15) is 48.3 Å². The molecule has 2 rings (SSSR count). The van der Waals surface area contributed by atoms with Gasteiger partial charge in [-0.05, 0) is 57.8 Å². The van der Waals surface area contributed by atoms with Crippen molar-refractivity contribution < 1.29 is 31.9 Å². The van der Waals surface area contributed by atoms with E-state index in [0.717, 1.165) is 25.3 Å². The van der Waals surface area contributed by atoms with Crippen molar-refractivity contribution in [3.63, 3.8) is 0 Å². The Kier molecular flexibility index (Phi) is 7.61. The SMILES string of the molecule is COC(=O)C(C(=O)c1ccc(Br)c(O[Si](C)(C)C(C)(C)C)n1)c1cccc(C(F)(F)F)c1. The lowest BCUT2D eigenvalue weighted by Crippen LogP contribution is -2.44. The fraction of sp³-hybridized carbons (Fsp3) is 0.409. The van der Waals surface area contributed by atoms with Crippen molar-refractivity contribution in [2.24, 2.45) is 0 Å². The first-order chi connectivity index (χ1) is 14.6. The van der Waals surface area contributed by atoms with Gasteiger partial charge in [-0.15, -0.1) is 0 Å². The Hall–Kier alpha value is -2.20. The average molecular weight is 532 g/mol. The Morgan fingerprint density at radius 2 is 1.72 bits per heavy atom. The number of hydrogen-bond donors (Lipinski definition) is 0. The predicted octanol–water partition coefficient (Wildman–Crippen LogP) is 6.39. The van der Waals surface area contributed by atoms with Gasteiger partial charge in [0.15, 0.2) is 5.78 Å². The fourth-order valence-electron chi connectivity index (χ4n) is 2.58. The summed E-state index contributed by atoms with van der Waals surface area (Å²) in [5.41, 5.74) is -1.22. The number of ether oxygens (including phenoxy) is 1. The largest absolute Gasteiger partial charge is 0.530 e. The second-order valence-electron chi connectivity index (χ2n) is 8.79. The number of halogens is 4. The van der Waals surface area contributed by atoms with Crippen LogP contribution >= 0.6 is 15.9 Å². The van der Waals surface area contributed by atoms with Gasteiger partial charge in [-0.3, -0.25) is 9.59 Å². The first kappa shape index (κ1) is 26.1. The zero-order valence-electron chi connectivity index (χ0n) is 18.6. The molecule has 0 aliphatic rings. The minimum absolute atomic E-state index is 0.116. The highest BCUT2D eigenvalue weighted by molar-refractivity contribution is 9.10. The summed E-state index contributed by atoms with van der Waals surface area (Å²) in [7, 11) is -1.24. The number of methoxy groups -OCH3 is 1. The maximum Gasteiger partial charge on any atom is 0.416 e. The Bertz CT molecular complexity index is 1020. The molecule has 32 heavy (non-hydrogen) atoms. The highest BCUT2D eigenvalue weighted by atomic mass is 79.9. The molecule has 0 fully saturated rings. The highest BCUT2D eigenvalue weighted by Crippen LogP contribution is 2.39. The van der Waals surface area contributed by atoms with E-state index in [2.05, 4.69) is 20.9 Å². The van der Waals surface area contributed by atoms with Gasteiger partial charge >= 0.3 is 12.1 Å². The number of esters is 1. The molecule has 0 amide bonds. The quantitative estimate of drug-likeness (QED) is 0.187. The minimum atomic E-state index is -4.63. The number of alkyl halides is 3. The molecule has 0 spiro atoms. The molecule has 1 aromatic carbocycles. The topological polar surface area (TPSA) is 65.5 Å². The molecule has 0 aliphatic carbocycles. The van der Waals surface area contributed by atoms with E-state index in [9.17, 15) is 22.8 Å². The van der Waals surface area contributed by atoms with Crippen LogP contribution in [0.15, 0.2) is 40.9 Å². The average Bonchev–Trinajstić information content (AvgIpc) is 2.68. The molecule has 1 heterocycles. The van der Waals surface area contributed by atoms with Gasteiger partial charge in [-0.1, -0.05) is 39.0 Å². The van der Waals surface area contributed by atoms with Crippen molar-refractivity contribution >= 4 is 36.0 Å². The molecule has 1 unspecified atom stereocenters. The summed E-state index contributed by atoms with van der Waals surface area (Å²) in [6.45, 7) is 10.2. The van der Waals surface area contributed by atoms with Gasteiger partial charge in [0.1, 0.15) is 11.6 Å². The van der Waals surface area contributed by atoms with Crippen molar-refractivity contribution in [2.45, 2.75) is 51.0 Å². The zero-order valence-corrected chi connectivity index (χ0v) is 21.2. The summed E-state index contributed by atoms with van der Waals surface area (Å²) in [6, 6.07) is 7.00. The molecule has 174 valence electrons. The summed E-state index contributed by atoms with van der Waals surface area (Å²) >= 11 is 3.36. The number of aromatic nitrogens is 1. The molecule has 1 atom stereocenters. The molecule has 0 bridgehead atoms. The monoisotopic (exact) mass is 531 g/mol. The molecule has 0 radical (unpaired) electrons. The summed E-state index contributed by atoms with van der Waals surface area (Å²) in [5, 5.41) is -0.138. The summed E-state index contributed by atoms with van der Waals surface area (Å²) in [4.78, 5) is 29.9. The maximum absolute atomic E-state index is 13.2. The van der Waals surface area contributed by atoms with Crippen LogP contribution in [0.5, 0.6) is 5.88 Å². The number of rotatable bonds is 6. The van der Waals surface area contributed by atoms with Crippen molar-refractivity contribution in [3.05, 3.63) is 57.7 Å². The molecule has 2 aromatic rings. The van der Waals surface area contributed by atoms with Crippen LogP contribution in [0.3, 0.4) is 0 Å². The number of nitrogens with zero attached hydrogens (tertiary/aromatic N) is 1. The van der Waals surface area contributed by atoms with Gasteiger partial charge < -0.3 is 9.16 Å². The van der Waals surface area contributed by atoms with Crippen molar-refractivity contribution in [1.29, 1.82) is 0 Å². The van der Waals surface area contributed by atoms with Gasteiger partial charge in [-0.25, -0.2) is 4.98 Å². The number of hydrogen-bond acceptors (Lipinski definition) is 5. The Morgan fingerprint density at radius 1 is 1.09 bits per heavy atom. The number of carbonyl (C=O) groups is 2. The van der Waals surface area contributed by atoms with Gasteiger partial charge in [0, 0.05) is 0 Å². The van der Waals surface area contributed by atoms with E-state index in [1.165, 1.54) is 12.1 Å². The van der Waals surface area contributed by atoms with Gasteiger partial charge in [0.2, 0.25) is 5.88 Å². The third kappa shape index (κ3) is 5.77. The summed E-state index contributed by atoms with van der Waals surface area (Å²) in [5.74, 6) is -3.18. The molecular formula is C22H25BrF3NO4Si. The number of ketones is 1.